The first-order valence-electron chi connectivity index (χ1n) is 8.81. The number of phosphoric acid groups is 1. The molecule has 0 rings (SSSR count). The molecule has 0 saturated carbocycles. The molecule has 0 aromatic rings. The maximum Gasteiger partial charge on any atom is 0.474 e. The van der Waals surface area contributed by atoms with Crippen LogP contribution in [0.1, 0.15) is 85.0 Å². The Kier molecular flexibility index (Phi) is 12.6. The molecule has 1 unspecified atom stereocenters. The Balaban J connectivity index is 4.26. The van der Waals surface area contributed by atoms with Crippen LogP contribution >= 0.6 is 7.82 Å². The van der Waals surface area contributed by atoms with Crippen molar-refractivity contribution < 1.29 is 18.1 Å². The lowest BCUT2D eigenvalue weighted by atomic mass is 9.77. The van der Waals surface area contributed by atoms with Gasteiger partial charge in [-0.3, -0.25) is 13.6 Å². The summed E-state index contributed by atoms with van der Waals surface area (Å²) in [6.45, 7) is 7.22. The Hall–Kier alpha value is 0.110. The van der Waals surface area contributed by atoms with Crippen LogP contribution < -0.4 is 0 Å². The van der Waals surface area contributed by atoms with E-state index in [0.29, 0.717) is 6.61 Å². The third-order valence-electron chi connectivity index (χ3n) is 4.42. The summed E-state index contributed by atoms with van der Waals surface area (Å²) in [7, 11) is -0.623. The largest absolute Gasteiger partial charge is 0.474 e. The lowest BCUT2D eigenvalue weighted by Gasteiger charge is -2.30. The summed E-state index contributed by atoms with van der Waals surface area (Å²) in [4.78, 5) is 0. The van der Waals surface area contributed by atoms with Crippen molar-refractivity contribution in [2.45, 2.75) is 85.0 Å². The van der Waals surface area contributed by atoms with E-state index in [1.54, 1.807) is 0 Å². The average molecular weight is 336 g/mol. The smallest absolute Gasteiger partial charge is 0.290 e. The van der Waals surface area contributed by atoms with Gasteiger partial charge in [-0.15, -0.1) is 0 Å². The molecule has 22 heavy (non-hydrogen) atoms. The third-order valence-corrected chi connectivity index (χ3v) is 5.81. The van der Waals surface area contributed by atoms with Crippen molar-refractivity contribution in [2.75, 3.05) is 20.8 Å². The molecule has 0 aliphatic rings. The van der Waals surface area contributed by atoms with Gasteiger partial charge in [0.1, 0.15) is 0 Å². The van der Waals surface area contributed by atoms with Crippen molar-refractivity contribution in [3.63, 3.8) is 0 Å². The van der Waals surface area contributed by atoms with Crippen LogP contribution in [0, 0.1) is 5.41 Å². The van der Waals surface area contributed by atoms with Crippen molar-refractivity contribution in [3.8, 4) is 0 Å². The van der Waals surface area contributed by atoms with Crippen molar-refractivity contribution in [1.82, 2.24) is 0 Å². The van der Waals surface area contributed by atoms with Crippen LogP contribution in [0.15, 0.2) is 0 Å². The Bertz CT molecular complexity index is 301. The summed E-state index contributed by atoms with van der Waals surface area (Å²) in [6, 6.07) is 0. The SMILES string of the molecule is CCCCCCCC(C)(CCCC)CCOP(=O)(OC)OC. The molecule has 0 saturated heterocycles. The number of hydrogen-bond donors (Lipinski definition) is 0. The molecule has 0 aromatic carbocycles. The molecule has 0 bridgehead atoms. The predicted molar refractivity (Wildman–Crippen MR) is 93.2 cm³/mol. The van der Waals surface area contributed by atoms with E-state index in [9.17, 15) is 4.57 Å². The first kappa shape index (κ1) is 22.1. The highest BCUT2D eigenvalue weighted by molar-refractivity contribution is 7.48. The Labute approximate surface area is 137 Å². The Morgan fingerprint density at radius 2 is 1.36 bits per heavy atom. The second-order valence-electron chi connectivity index (χ2n) is 6.47. The normalized spacial score (nSPS) is 15.0. The number of phosphoric ester groups is 1. The minimum Gasteiger partial charge on any atom is -0.290 e. The fraction of sp³-hybridized carbons (Fsp3) is 1.00. The number of rotatable bonds is 15. The highest BCUT2D eigenvalue weighted by Crippen LogP contribution is 2.48. The van der Waals surface area contributed by atoms with Gasteiger partial charge in [0.25, 0.3) is 0 Å². The van der Waals surface area contributed by atoms with Crippen molar-refractivity contribution in [2.24, 2.45) is 5.41 Å². The first-order chi connectivity index (χ1) is 10.4. The molecule has 0 amide bonds. The van der Waals surface area contributed by atoms with E-state index >= 15 is 0 Å². The fourth-order valence-corrected chi connectivity index (χ4v) is 3.39. The van der Waals surface area contributed by atoms with Crippen LogP contribution in [0.5, 0.6) is 0 Å². The maximum atomic E-state index is 11.9. The monoisotopic (exact) mass is 336 g/mol. The molecule has 0 N–H and O–H groups in total. The van der Waals surface area contributed by atoms with E-state index in [1.165, 1.54) is 72.0 Å². The molecule has 0 radical (unpaired) electrons. The van der Waals surface area contributed by atoms with Gasteiger partial charge in [0.15, 0.2) is 0 Å². The molecule has 0 spiro atoms. The van der Waals surface area contributed by atoms with Gasteiger partial charge in [-0.05, 0) is 24.7 Å². The van der Waals surface area contributed by atoms with E-state index in [1.807, 2.05) is 0 Å². The molecular weight excluding hydrogens is 299 g/mol. The topological polar surface area (TPSA) is 44.8 Å². The maximum absolute atomic E-state index is 11.9. The van der Waals surface area contributed by atoms with Gasteiger partial charge >= 0.3 is 7.82 Å². The number of unbranched alkanes of at least 4 members (excludes halogenated alkanes) is 5. The molecule has 0 aliphatic heterocycles. The van der Waals surface area contributed by atoms with Crippen LogP contribution in [0.4, 0.5) is 0 Å². The second kappa shape index (κ2) is 12.5. The third kappa shape index (κ3) is 9.99. The summed E-state index contributed by atoms with van der Waals surface area (Å²) in [6.07, 6.45) is 12.3. The van der Waals surface area contributed by atoms with Crippen molar-refractivity contribution in [1.29, 1.82) is 0 Å². The standard InChI is InChI=1S/C17H37O4P/c1-6-8-10-11-12-14-17(3,13-9-7-2)15-16-21-22(18,19-4)20-5/h6-16H2,1-5H3. The zero-order valence-corrected chi connectivity index (χ0v) is 16.3. The minimum atomic E-state index is -3.33. The van der Waals surface area contributed by atoms with E-state index in [-0.39, 0.29) is 5.41 Å². The molecule has 1 atom stereocenters. The second-order valence-corrected chi connectivity index (χ2v) is 8.36. The summed E-state index contributed by atoms with van der Waals surface area (Å²) >= 11 is 0. The van der Waals surface area contributed by atoms with Gasteiger partial charge in [-0.2, -0.15) is 0 Å². The van der Waals surface area contributed by atoms with Gasteiger partial charge in [-0.25, -0.2) is 4.57 Å². The van der Waals surface area contributed by atoms with Crippen LogP contribution in [0.3, 0.4) is 0 Å². The highest BCUT2D eigenvalue weighted by Gasteiger charge is 2.27. The minimum absolute atomic E-state index is 0.258. The number of hydrogen-bond acceptors (Lipinski definition) is 4. The molecular formula is C17H37O4P. The Morgan fingerprint density at radius 1 is 0.818 bits per heavy atom. The van der Waals surface area contributed by atoms with Gasteiger partial charge < -0.3 is 0 Å². The first-order valence-corrected chi connectivity index (χ1v) is 10.3. The van der Waals surface area contributed by atoms with Crippen LogP contribution in [-0.2, 0) is 18.1 Å². The van der Waals surface area contributed by atoms with Gasteiger partial charge in [0, 0.05) is 14.2 Å². The van der Waals surface area contributed by atoms with E-state index < -0.39 is 7.82 Å². The highest BCUT2D eigenvalue weighted by atomic mass is 31.2. The molecule has 0 fully saturated rings. The summed E-state index contributed by atoms with van der Waals surface area (Å²) < 4.78 is 26.9. The van der Waals surface area contributed by atoms with E-state index in [4.69, 9.17) is 13.6 Å². The Morgan fingerprint density at radius 3 is 1.91 bits per heavy atom. The lowest BCUT2D eigenvalue weighted by Crippen LogP contribution is -2.19. The fourth-order valence-electron chi connectivity index (χ4n) is 2.72. The predicted octanol–water partition coefficient (Wildman–Crippen LogP) is 6.35. The van der Waals surface area contributed by atoms with Gasteiger partial charge in [-0.1, -0.05) is 65.7 Å². The quantitative estimate of drug-likeness (QED) is 0.258. The zero-order valence-electron chi connectivity index (χ0n) is 15.4. The molecule has 0 aromatic heterocycles. The molecule has 5 heteroatoms. The van der Waals surface area contributed by atoms with Crippen molar-refractivity contribution >= 4 is 7.82 Å². The molecule has 0 heterocycles. The van der Waals surface area contributed by atoms with Gasteiger partial charge in [0.2, 0.25) is 0 Å². The van der Waals surface area contributed by atoms with Crippen molar-refractivity contribution in [3.05, 3.63) is 0 Å². The van der Waals surface area contributed by atoms with E-state index in [2.05, 4.69) is 20.8 Å². The van der Waals surface area contributed by atoms with Crippen LogP contribution in [0.2, 0.25) is 0 Å². The summed E-state index contributed by atoms with van der Waals surface area (Å²) in [5.74, 6) is 0. The molecule has 134 valence electrons. The van der Waals surface area contributed by atoms with E-state index in [0.717, 1.165) is 6.42 Å². The molecule has 0 aliphatic carbocycles. The zero-order chi connectivity index (χ0) is 16.9. The molecule has 4 nitrogen and oxygen atoms in total. The van der Waals surface area contributed by atoms with Crippen LogP contribution in [-0.4, -0.2) is 20.8 Å². The van der Waals surface area contributed by atoms with Crippen LogP contribution in [0.25, 0.3) is 0 Å². The summed E-state index contributed by atoms with van der Waals surface area (Å²) in [5.41, 5.74) is 0.258. The lowest BCUT2D eigenvalue weighted by molar-refractivity contribution is 0.121. The summed E-state index contributed by atoms with van der Waals surface area (Å²) in [5, 5.41) is 0. The van der Waals surface area contributed by atoms with Gasteiger partial charge in [0.05, 0.1) is 6.61 Å². The average Bonchev–Trinajstić information content (AvgIpc) is 2.52.